The molecule has 0 aliphatic rings. The topological polar surface area (TPSA) is 148 Å². The van der Waals surface area contributed by atoms with Crippen molar-refractivity contribution in [2.75, 3.05) is 18.9 Å². The Morgan fingerprint density at radius 1 is 0.851 bits per heavy atom. The highest BCUT2D eigenvalue weighted by Gasteiger charge is 2.21. The van der Waals surface area contributed by atoms with E-state index in [9.17, 15) is 9.59 Å². The highest BCUT2D eigenvalue weighted by Crippen LogP contribution is 2.17. The van der Waals surface area contributed by atoms with E-state index in [1.165, 1.54) is 89.9 Å². The van der Waals surface area contributed by atoms with Crippen molar-refractivity contribution in [3.63, 3.8) is 0 Å². The number of esters is 2. The van der Waals surface area contributed by atoms with Gasteiger partial charge in [0.25, 0.3) is 0 Å². The van der Waals surface area contributed by atoms with Crippen molar-refractivity contribution >= 4 is 29.1 Å². The maximum Gasteiger partial charge on any atom is 0.323 e. The zero-order valence-corrected chi connectivity index (χ0v) is 29.7. The molecule has 0 amide bonds. The summed E-state index contributed by atoms with van der Waals surface area (Å²) in [7, 11) is 0. The molecule has 47 heavy (non-hydrogen) atoms. The van der Waals surface area contributed by atoms with E-state index in [0.29, 0.717) is 30.6 Å². The third-order valence-electron chi connectivity index (χ3n) is 8.72. The van der Waals surface area contributed by atoms with Gasteiger partial charge in [-0.05, 0) is 44.4 Å². The molecule has 0 radical (unpaired) electrons. The Labute approximate surface area is 283 Å². The summed E-state index contributed by atoms with van der Waals surface area (Å²) in [6.07, 6.45) is 30.4. The van der Waals surface area contributed by atoms with Crippen molar-refractivity contribution in [1.82, 2.24) is 19.5 Å². The lowest BCUT2D eigenvalue weighted by molar-refractivity contribution is -0.149. The number of anilines is 1. The molecule has 0 bridgehead atoms. The highest BCUT2D eigenvalue weighted by molar-refractivity contribution is 5.75. The minimum atomic E-state index is -0.666. The molecule has 10 heteroatoms. The third-order valence-corrected chi connectivity index (χ3v) is 8.72. The minimum Gasteiger partial charge on any atom is -0.465 e. The summed E-state index contributed by atoms with van der Waals surface area (Å²) >= 11 is 0. The van der Waals surface area contributed by atoms with E-state index in [0.717, 1.165) is 19.3 Å². The Hall–Kier alpha value is -3.01. The molecule has 0 aliphatic heterocycles. The van der Waals surface area contributed by atoms with Crippen LogP contribution in [-0.4, -0.2) is 50.7 Å². The van der Waals surface area contributed by atoms with Crippen LogP contribution in [-0.2, 0) is 25.6 Å². The largest absolute Gasteiger partial charge is 0.465 e. The standard InChI is InChI=1S/C37H64N6O4/c1-4-5-6-7-8-9-10-11-12-13-14-15-16-17-18-19-20-21-22-23-33(44)47-28-31(24-25-46-36(45)34(38)30(2)3)27-43-29-41-32-26-40-37(39)42-35(32)43/h11-12,26,29-31,34H,4-10,13-25,27-28,38H2,1-3H3,(H2,39,40,42)/t31-,34+/m1/s1. The van der Waals surface area contributed by atoms with Crippen LogP contribution in [0.15, 0.2) is 24.7 Å². The van der Waals surface area contributed by atoms with E-state index >= 15 is 0 Å². The first-order chi connectivity index (χ1) is 22.8. The summed E-state index contributed by atoms with van der Waals surface area (Å²) in [5.74, 6) is -0.584. The van der Waals surface area contributed by atoms with Crippen molar-refractivity contribution < 1.29 is 19.1 Å². The van der Waals surface area contributed by atoms with Crippen molar-refractivity contribution in [2.45, 2.75) is 155 Å². The molecular weight excluding hydrogens is 592 g/mol. The molecule has 0 saturated carbocycles. The van der Waals surface area contributed by atoms with Crippen molar-refractivity contribution in [2.24, 2.45) is 17.6 Å². The van der Waals surface area contributed by atoms with Gasteiger partial charge in [-0.25, -0.2) is 9.97 Å². The van der Waals surface area contributed by atoms with Crippen LogP contribution in [0, 0.1) is 11.8 Å². The van der Waals surface area contributed by atoms with E-state index < -0.39 is 12.0 Å². The normalized spacial score (nSPS) is 13.0. The fraction of sp³-hybridized carbons (Fsp3) is 0.757. The van der Waals surface area contributed by atoms with Crippen LogP contribution < -0.4 is 11.5 Å². The number of carbonyl (C=O) groups is 2. The summed E-state index contributed by atoms with van der Waals surface area (Å²) < 4.78 is 13.0. The Kier molecular flexibility index (Phi) is 21.4. The quantitative estimate of drug-likeness (QED) is 0.0526. The number of nitrogens with two attached hydrogens (primary N) is 2. The predicted molar refractivity (Wildman–Crippen MR) is 190 cm³/mol. The zero-order valence-electron chi connectivity index (χ0n) is 29.7. The summed E-state index contributed by atoms with van der Waals surface area (Å²) in [6, 6.07) is -0.666. The molecule has 0 spiro atoms. The van der Waals surface area contributed by atoms with Gasteiger partial charge in [0.2, 0.25) is 5.95 Å². The zero-order chi connectivity index (χ0) is 34.1. The van der Waals surface area contributed by atoms with E-state index in [1.807, 2.05) is 18.4 Å². The molecule has 2 rings (SSSR count). The number of aromatic nitrogens is 4. The van der Waals surface area contributed by atoms with Gasteiger partial charge < -0.3 is 25.5 Å². The van der Waals surface area contributed by atoms with Crippen molar-refractivity contribution in [1.29, 1.82) is 0 Å². The van der Waals surface area contributed by atoms with Crippen LogP contribution in [0.4, 0.5) is 5.95 Å². The fourth-order valence-corrected chi connectivity index (χ4v) is 5.53. The summed E-state index contributed by atoms with van der Waals surface area (Å²) in [5, 5.41) is 0. The first kappa shape index (κ1) is 40.2. The highest BCUT2D eigenvalue weighted by atomic mass is 16.5. The van der Waals surface area contributed by atoms with Crippen LogP contribution in [0.2, 0.25) is 0 Å². The van der Waals surface area contributed by atoms with E-state index in [2.05, 4.69) is 34.0 Å². The molecule has 2 atom stereocenters. The number of hydrogen-bond acceptors (Lipinski definition) is 9. The van der Waals surface area contributed by atoms with Gasteiger partial charge >= 0.3 is 11.9 Å². The average Bonchev–Trinajstić information content (AvgIpc) is 3.45. The molecule has 2 aromatic rings. The minimum absolute atomic E-state index is 0.0105. The maximum atomic E-state index is 12.6. The Bertz CT molecular complexity index is 1150. The van der Waals surface area contributed by atoms with Gasteiger partial charge in [0.15, 0.2) is 5.65 Å². The first-order valence-corrected chi connectivity index (χ1v) is 18.5. The van der Waals surface area contributed by atoms with Crippen LogP contribution in [0.1, 0.15) is 143 Å². The second kappa shape index (κ2) is 25.1. The second-order valence-corrected chi connectivity index (χ2v) is 13.4. The first-order valence-electron chi connectivity index (χ1n) is 18.5. The van der Waals surface area contributed by atoms with E-state index in [-0.39, 0.29) is 37.0 Å². The molecule has 2 aromatic heterocycles. The molecule has 10 nitrogen and oxygen atoms in total. The summed E-state index contributed by atoms with van der Waals surface area (Å²) in [5.41, 5.74) is 12.9. The number of rotatable bonds is 28. The summed E-state index contributed by atoms with van der Waals surface area (Å²) in [4.78, 5) is 37.4. The number of unbranched alkanes of at least 4 members (excludes halogenated alkanes) is 15. The number of nitrogen functional groups attached to an aromatic ring is 1. The molecule has 2 heterocycles. The molecule has 0 saturated heterocycles. The molecule has 266 valence electrons. The smallest absolute Gasteiger partial charge is 0.323 e. The Balaban J connectivity index is 1.57. The van der Waals surface area contributed by atoms with Gasteiger partial charge in [0.05, 0.1) is 25.7 Å². The van der Waals surface area contributed by atoms with Crippen LogP contribution in [0.3, 0.4) is 0 Å². The monoisotopic (exact) mass is 656 g/mol. The second-order valence-electron chi connectivity index (χ2n) is 13.4. The lowest BCUT2D eigenvalue weighted by atomic mass is 10.1. The number of fused-ring (bicyclic) bond motifs is 1. The number of hydrogen-bond donors (Lipinski definition) is 2. The average molecular weight is 657 g/mol. The molecule has 0 aromatic carbocycles. The summed E-state index contributed by atoms with van der Waals surface area (Å²) in [6.45, 7) is 6.90. The number of nitrogens with zero attached hydrogens (tertiary/aromatic N) is 4. The number of imidazole rings is 1. The fourth-order valence-electron chi connectivity index (χ4n) is 5.53. The third kappa shape index (κ3) is 18.2. The van der Waals surface area contributed by atoms with Crippen molar-refractivity contribution in [3.05, 3.63) is 24.7 Å². The van der Waals surface area contributed by atoms with Crippen LogP contribution >= 0.6 is 0 Å². The van der Waals surface area contributed by atoms with Crippen LogP contribution in [0.5, 0.6) is 0 Å². The van der Waals surface area contributed by atoms with Gasteiger partial charge in [0, 0.05) is 18.9 Å². The number of carbonyl (C=O) groups excluding carboxylic acids is 2. The van der Waals surface area contributed by atoms with E-state index in [4.69, 9.17) is 20.9 Å². The van der Waals surface area contributed by atoms with E-state index in [1.54, 1.807) is 12.5 Å². The molecule has 4 N–H and O–H groups in total. The predicted octanol–water partition coefficient (Wildman–Crippen LogP) is 8.08. The van der Waals surface area contributed by atoms with Gasteiger partial charge in [-0.2, -0.15) is 4.98 Å². The molecule has 0 unspecified atom stereocenters. The molecular formula is C37H64N6O4. The lowest BCUT2D eigenvalue weighted by Crippen LogP contribution is -2.37. The van der Waals surface area contributed by atoms with Gasteiger partial charge in [0.1, 0.15) is 11.6 Å². The Morgan fingerprint density at radius 3 is 2.06 bits per heavy atom. The van der Waals surface area contributed by atoms with Gasteiger partial charge in [-0.1, -0.05) is 110 Å². The molecule has 0 aliphatic carbocycles. The lowest BCUT2D eigenvalue weighted by Gasteiger charge is -2.19. The van der Waals surface area contributed by atoms with Gasteiger partial charge in [-0.3, -0.25) is 9.59 Å². The molecule has 0 fully saturated rings. The van der Waals surface area contributed by atoms with Crippen LogP contribution in [0.25, 0.3) is 11.2 Å². The Morgan fingerprint density at radius 2 is 1.45 bits per heavy atom. The number of ether oxygens (including phenoxy) is 2. The number of allylic oxidation sites excluding steroid dienone is 2. The van der Waals surface area contributed by atoms with Crippen molar-refractivity contribution in [3.8, 4) is 0 Å². The van der Waals surface area contributed by atoms with Gasteiger partial charge in [-0.15, -0.1) is 0 Å². The SMILES string of the molecule is CCCCCCCCC=CCCCCCCCCCCCC(=O)OC[C@H](CCOC(=O)[C@@H](N)C(C)C)Cn1cnc2cnc(N)nc21. The maximum absolute atomic E-state index is 12.6.